The third kappa shape index (κ3) is 3.20. The number of carbonyl (C=O) groups is 1. The molecule has 0 saturated heterocycles. The maximum atomic E-state index is 11.1. The molecule has 0 aliphatic rings. The van der Waals surface area contributed by atoms with Crippen LogP contribution in [0.4, 0.5) is 17.3 Å². The summed E-state index contributed by atoms with van der Waals surface area (Å²) in [5.74, 6) is 0.950. The summed E-state index contributed by atoms with van der Waals surface area (Å²) in [6, 6.07) is 9.49. The molecule has 2 aromatic heterocycles. The van der Waals surface area contributed by atoms with E-state index in [-0.39, 0.29) is 5.91 Å². The summed E-state index contributed by atoms with van der Waals surface area (Å²) in [5, 5.41) is 6.65. The molecule has 6 nitrogen and oxygen atoms in total. The fourth-order valence-corrected chi connectivity index (χ4v) is 2.40. The maximum Gasteiger partial charge on any atom is 0.222 e. The van der Waals surface area contributed by atoms with E-state index in [0.717, 1.165) is 15.5 Å². The number of carbonyl (C=O) groups excluding carboxylic acids is 1. The van der Waals surface area contributed by atoms with Gasteiger partial charge >= 0.3 is 0 Å². The molecule has 3 aromatic rings. The van der Waals surface area contributed by atoms with Crippen molar-refractivity contribution in [1.82, 2.24) is 15.0 Å². The molecule has 0 atom stereocenters. The second-order valence-corrected chi connectivity index (χ2v) is 5.54. The van der Waals surface area contributed by atoms with Gasteiger partial charge in [-0.05, 0) is 18.2 Å². The van der Waals surface area contributed by atoms with Gasteiger partial charge in [0.15, 0.2) is 0 Å². The number of nitrogens with one attached hydrogen (secondary N) is 2. The normalized spacial score (nSPS) is 10.5. The van der Waals surface area contributed by atoms with E-state index in [9.17, 15) is 4.79 Å². The van der Waals surface area contributed by atoms with Crippen LogP contribution in [-0.4, -0.2) is 20.9 Å². The minimum atomic E-state index is -0.173. The van der Waals surface area contributed by atoms with Crippen LogP contribution in [0.3, 0.4) is 0 Å². The first-order valence-electron chi connectivity index (χ1n) is 6.53. The van der Waals surface area contributed by atoms with Gasteiger partial charge in [0.2, 0.25) is 5.91 Å². The molecule has 22 heavy (non-hydrogen) atoms. The molecule has 1 amide bonds. The van der Waals surface area contributed by atoms with Crippen molar-refractivity contribution in [1.29, 1.82) is 0 Å². The van der Waals surface area contributed by atoms with Crippen LogP contribution in [0.15, 0.2) is 47.3 Å². The van der Waals surface area contributed by atoms with Crippen molar-refractivity contribution in [3.63, 3.8) is 0 Å². The van der Waals surface area contributed by atoms with E-state index in [1.165, 1.54) is 13.3 Å². The Morgan fingerprint density at radius 3 is 2.82 bits per heavy atom. The van der Waals surface area contributed by atoms with Crippen molar-refractivity contribution in [3.8, 4) is 0 Å². The van der Waals surface area contributed by atoms with E-state index in [1.807, 2.05) is 24.3 Å². The number of hydrogen-bond acceptors (Lipinski definition) is 5. The lowest BCUT2D eigenvalue weighted by atomic mass is 10.2. The minimum absolute atomic E-state index is 0.173. The second kappa shape index (κ2) is 6.07. The van der Waals surface area contributed by atoms with Gasteiger partial charge in [-0.1, -0.05) is 22.0 Å². The lowest BCUT2D eigenvalue weighted by Crippen LogP contribution is -2.07. The monoisotopic (exact) mass is 357 g/mol. The topological polar surface area (TPSA) is 79.8 Å². The zero-order chi connectivity index (χ0) is 15.5. The fraction of sp³-hybridized carbons (Fsp3) is 0.0667. The number of aromatic nitrogens is 3. The molecule has 0 unspecified atom stereocenters. The molecule has 0 radical (unpaired) electrons. The molecule has 0 bridgehead atoms. The third-order valence-electron chi connectivity index (χ3n) is 2.91. The van der Waals surface area contributed by atoms with Gasteiger partial charge in [0, 0.05) is 29.3 Å². The Kier molecular flexibility index (Phi) is 3.97. The smallest absolute Gasteiger partial charge is 0.222 e. The predicted octanol–water partition coefficient (Wildman–Crippen LogP) is 3.49. The molecule has 0 spiro atoms. The Hall–Kier alpha value is -2.54. The minimum Gasteiger partial charge on any atom is -0.340 e. The van der Waals surface area contributed by atoms with Crippen molar-refractivity contribution in [2.75, 3.05) is 10.6 Å². The van der Waals surface area contributed by atoms with Gasteiger partial charge in [-0.25, -0.2) is 15.0 Å². The molecular formula is C15H12BrN5O. The summed E-state index contributed by atoms with van der Waals surface area (Å²) in [7, 11) is 0. The van der Waals surface area contributed by atoms with Crippen molar-refractivity contribution in [2.45, 2.75) is 6.92 Å². The van der Waals surface area contributed by atoms with E-state index < -0.39 is 0 Å². The molecule has 3 rings (SSSR count). The van der Waals surface area contributed by atoms with Gasteiger partial charge in [-0.2, -0.15) is 0 Å². The van der Waals surface area contributed by atoms with E-state index in [1.54, 1.807) is 12.3 Å². The van der Waals surface area contributed by atoms with Gasteiger partial charge in [0.05, 0.1) is 10.9 Å². The van der Waals surface area contributed by atoms with Crippen LogP contribution < -0.4 is 10.6 Å². The molecule has 0 fully saturated rings. The summed E-state index contributed by atoms with van der Waals surface area (Å²) < 4.78 is 0.974. The largest absolute Gasteiger partial charge is 0.340 e. The molecular weight excluding hydrogens is 346 g/mol. The predicted molar refractivity (Wildman–Crippen MR) is 89.1 cm³/mol. The molecule has 2 N–H and O–H groups in total. The highest BCUT2D eigenvalue weighted by atomic mass is 79.9. The van der Waals surface area contributed by atoms with E-state index >= 15 is 0 Å². The number of rotatable bonds is 3. The van der Waals surface area contributed by atoms with Crippen LogP contribution in [-0.2, 0) is 4.79 Å². The number of amides is 1. The summed E-state index contributed by atoms with van der Waals surface area (Å²) in [5.41, 5.74) is 1.60. The van der Waals surface area contributed by atoms with Crippen LogP contribution in [0, 0.1) is 0 Å². The van der Waals surface area contributed by atoms with Crippen LogP contribution in [0.5, 0.6) is 0 Å². The lowest BCUT2D eigenvalue weighted by molar-refractivity contribution is -0.114. The average molecular weight is 358 g/mol. The molecule has 0 aliphatic heterocycles. The highest BCUT2D eigenvalue weighted by molar-refractivity contribution is 9.10. The Balaban J connectivity index is 1.98. The van der Waals surface area contributed by atoms with Crippen LogP contribution >= 0.6 is 15.9 Å². The summed E-state index contributed by atoms with van der Waals surface area (Å²) in [6.45, 7) is 1.44. The summed E-state index contributed by atoms with van der Waals surface area (Å²) in [6.07, 6.45) is 3.11. The number of hydrogen-bond donors (Lipinski definition) is 2. The van der Waals surface area contributed by atoms with E-state index in [0.29, 0.717) is 17.2 Å². The quantitative estimate of drug-likeness (QED) is 0.749. The van der Waals surface area contributed by atoms with Gasteiger partial charge in [0.25, 0.3) is 0 Å². The van der Waals surface area contributed by atoms with Crippen molar-refractivity contribution < 1.29 is 4.79 Å². The number of nitrogens with zero attached hydrogens (tertiary/aromatic N) is 3. The molecule has 7 heteroatoms. The standard InChI is InChI=1S/C15H12BrN5O/c1-9(22)20-14-6-13-12(7-17-14)15(19-8-18-13)21-11-4-2-3-10(16)5-11/h2-8H,1H3,(H,17,20,22)(H,18,19,21). The maximum absolute atomic E-state index is 11.1. The van der Waals surface area contributed by atoms with E-state index in [4.69, 9.17) is 0 Å². The van der Waals surface area contributed by atoms with Gasteiger partial charge < -0.3 is 10.6 Å². The van der Waals surface area contributed by atoms with Crippen molar-refractivity contribution in [2.24, 2.45) is 0 Å². The molecule has 0 aliphatic carbocycles. The fourth-order valence-electron chi connectivity index (χ4n) is 2.00. The van der Waals surface area contributed by atoms with Crippen molar-refractivity contribution >= 4 is 50.1 Å². The van der Waals surface area contributed by atoms with Gasteiger partial charge in [0.1, 0.15) is 18.0 Å². The average Bonchev–Trinajstić information content (AvgIpc) is 2.46. The SMILES string of the molecule is CC(=O)Nc1cc2ncnc(Nc3cccc(Br)c3)c2cn1. The summed E-state index contributed by atoms with van der Waals surface area (Å²) in [4.78, 5) is 23.8. The van der Waals surface area contributed by atoms with Crippen molar-refractivity contribution in [3.05, 3.63) is 47.3 Å². The first-order valence-corrected chi connectivity index (χ1v) is 7.32. The molecule has 2 heterocycles. The zero-order valence-corrected chi connectivity index (χ0v) is 13.3. The Morgan fingerprint density at radius 2 is 2.05 bits per heavy atom. The van der Waals surface area contributed by atoms with E-state index in [2.05, 4.69) is 41.5 Å². The number of fused-ring (bicyclic) bond motifs is 1. The first-order chi connectivity index (χ1) is 10.6. The van der Waals surface area contributed by atoms with Crippen LogP contribution in [0.25, 0.3) is 10.9 Å². The molecule has 0 saturated carbocycles. The Bertz CT molecular complexity index is 852. The zero-order valence-electron chi connectivity index (χ0n) is 11.7. The highest BCUT2D eigenvalue weighted by Crippen LogP contribution is 2.25. The number of halogens is 1. The Morgan fingerprint density at radius 1 is 1.18 bits per heavy atom. The second-order valence-electron chi connectivity index (χ2n) is 4.63. The van der Waals surface area contributed by atoms with Gasteiger partial charge in [-0.15, -0.1) is 0 Å². The number of pyridine rings is 1. The molecule has 110 valence electrons. The van der Waals surface area contributed by atoms with Crippen LogP contribution in [0.2, 0.25) is 0 Å². The highest BCUT2D eigenvalue weighted by Gasteiger charge is 2.07. The summed E-state index contributed by atoms with van der Waals surface area (Å²) >= 11 is 3.43. The number of anilines is 3. The van der Waals surface area contributed by atoms with Gasteiger partial charge in [-0.3, -0.25) is 4.79 Å². The first kappa shape index (κ1) is 14.4. The lowest BCUT2D eigenvalue weighted by Gasteiger charge is -2.09. The third-order valence-corrected chi connectivity index (χ3v) is 3.41. The number of benzene rings is 1. The Labute approximate surface area is 135 Å². The van der Waals surface area contributed by atoms with Crippen LogP contribution in [0.1, 0.15) is 6.92 Å². The molecule has 1 aromatic carbocycles.